The Balaban J connectivity index is 1.97. The van der Waals surface area contributed by atoms with Crippen molar-refractivity contribution >= 4 is 0 Å². The van der Waals surface area contributed by atoms with Gasteiger partial charge in [0.15, 0.2) is 0 Å². The summed E-state index contributed by atoms with van der Waals surface area (Å²) in [6, 6.07) is 0.861. The summed E-state index contributed by atoms with van der Waals surface area (Å²) in [5.41, 5.74) is 0. The molecule has 12 heavy (non-hydrogen) atoms. The Bertz CT molecular complexity index is 121. The summed E-state index contributed by atoms with van der Waals surface area (Å²) in [7, 11) is 2.19. The molecule has 0 bridgehead atoms. The third-order valence-electron chi connectivity index (χ3n) is 2.50. The molecule has 72 valence electrons. The third kappa shape index (κ3) is 4.07. The van der Waals surface area contributed by atoms with E-state index in [2.05, 4.69) is 31.1 Å². The van der Waals surface area contributed by atoms with E-state index in [9.17, 15) is 0 Å². The lowest BCUT2D eigenvalue weighted by Crippen LogP contribution is -2.31. The van der Waals surface area contributed by atoms with Crippen LogP contribution in [-0.2, 0) is 0 Å². The van der Waals surface area contributed by atoms with E-state index in [4.69, 9.17) is 0 Å². The van der Waals surface area contributed by atoms with Crippen molar-refractivity contribution in [1.29, 1.82) is 0 Å². The molecule has 0 saturated heterocycles. The Kier molecular flexibility index (Phi) is 4.02. The summed E-state index contributed by atoms with van der Waals surface area (Å²) in [5, 5.41) is 3.56. The molecule has 1 N–H and O–H groups in total. The highest BCUT2D eigenvalue weighted by atomic mass is 15.1. The van der Waals surface area contributed by atoms with Crippen LogP contribution in [0.4, 0.5) is 0 Å². The van der Waals surface area contributed by atoms with Crippen LogP contribution in [0.5, 0.6) is 0 Å². The van der Waals surface area contributed by atoms with Gasteiger partial charge in [0.2, 0.25) is 0 Å². The maximum absolute atomic E-state index is 3.56. The molecule has 2 heteroatoms. The molecule has 1 atom stereocenters. The van der Waals surface area contributed by atoms with Crippen LogP contribution in [0, 0.1) is 5.92 Å². The monoisotopic (exact) mass is 170 g/mol. The number of hydrogen-bond donors (Lipinski definition) is 1. The van der Waals surface area contributed by atoms with Crippen LogP contribution in [0.1, 0.15) is 26.7 Å². The van der Waals surface area contributed by atoms with Gasteiger partial charge in [0.1, 0.15) is 0 Å². The second kappa shape index (κ2) is 4.83. The first-order chi connectivity index (χ1) is 5.72. The molecule has 0 spiro atoms. The Labute approximate surface area is 76.3 Å². The van der Waals surface area contributed by atoms with Crippen molar-refractivity contribution in [2.24, 2.45) is 5.92 Å². The SMILES string of the molecule is CCN(C)CC(C)CNC1CC1. The fourth-order valence-corrected chi connectivity index (χ4v) is 1.38. The lowest BCUT2D eigenvalue weighted by Gasteiger charge is -2.19. The molecule has 2 nitrogen and oxygen atoms in total. The van der Waals surface area contributed by atoms with Gasteiger partial charge in [-0.05, 0) is 38.9 Å². The quantitative estimate of drug-likeness (QED) is 0.647. The molecule has 1 aliphatic carbocycles. The molecule has 1 unspecified atom stereocenters. The standard InChI is InChI=1S/C10H22N2/c1-4-12(3)8-9(2)7-11-10-5-6-10/h9-11H,4-8H2,1-3H3. The van der Waals surface area contributed by atoms with Crippen LogP contribution in [0.15, 0.2) is 0 Å². The molecule has 1 saturated carbocycles. The zero-order valence-corrected chi connectivity index (χ0v) is 8.64. The summed E-state index contributed by atoms with van der Waals surface area (Å²) in [6.45, 7) is 8.10. The Morgan fingerprint density at radius 3 is 2.67 bits per heavy atom. The smallest absolute Gasteiger partial charge is 0.00683 e. The second-order valence-corrected chi connectivity index (χ2v) is 4.14. The first kappa shape index (κ1) is 10.0. The normalized spacial score (nSPS) is 20.0. The number of nitrogens with zero attached hydrogens (tertiary/aromatic N) is 1. The van der Waals surface area contributed by atoms with Crippen LogP contribution in [0.3, 0.4) is 0 Å². The van der Waals surface area contributed by atoms with Gasteiger partial charge in [-0.2, -0.15) is 0 Å². The minimum Gasteiger partial charge on any atom is -0.314 e. The summed E-state index contributed by atoms with van der Waals surface area (Å²) < 4.78 is 0. The maximum Gasteiger partial charge on any atom is 0.00683 e. The van der Waals surface area contributed by atoms with E-state index in [1.165, 1.54) is 25.9 Å². The van der Waals surface area contributed by atoms with Crippen molar-refractivity contribution in [3.8, 4) is 0 Å². The molecule has 1 aliphatic rings. The van der Waals surface area contributed by atoms with Gasteiger partial charge in [-0.1, -0.05) is 13.8 Å². The van der Waals surface area contributed by atoms with Crippen molar-refractivity contribution in [1.82, 2.24) is 10.2 Å². The fraction of sp³-hybridized carbons (Fsp3) is 1.00. The van der Waals surface area contributed by atoms with Gasteiger partial charge in [-0.15, -0.1) is 0 Å². The molecule has 0 aromatic carbocycles. The van der Waals surface area contributed by atoms with Gasteiger partial charge in [-0.3, -0.25) is 0 Å². The van der Waals surface area contributed by atoms with Gasteiger partial charge in [0.25, 0.3) is 0 Å². The molecule has 0 heterocycles. The number of hydrogen-bond acceptors (Lipinski definition) is 2. The van der Waals surface area contributed by atoms with E-state index in [0.717, 1.165) is 18.5 Å². The predicted octanol–water partition coefficient (Wildman–Crippen LogP) is 1.33. The molecule has 1 fully saturated rings. The highest BCUT2D eigenvalue weighted by molar-refractivity contribution is 4.81. The highest BCUT2D eigenvalue weighted by Gasteiger charge is 2.20. The first-order valence-corrected chi connectivity index (χ1v) is 5.14. The Morgan fingerprint density at radius 1 is 1.50 bits per heavy atom. The van der Waals surface area contributed by atoms with Gasteiger partial charge in [-0.25, -0.2) is 0 Å². The zero-order chi connectivity index (χ0) is 8.97. The minimum atomic E-state index is 0.788. The van der Waals surface area contributed by atoms with E-state index in [1.807, 2.05) is 0 Å². The molecule has 0 radical (unpaired) electrons. The Hall–Kier alpha value is -0.0800. The maximum atomic E-state index is 3.56. The Morgan fingerprint density at radius 2 is 2.17 bits per heavy atom. The molecule has 0 aromatic heterocycles. The van der Waals surface area contributed by atoms with Gasteiger partial charge >= 0.3 is 0 Å². The van der Waals surface area contributed by atoms with Crippen molar-refractivity contribution in [2.45, 2.75) is 32.7 Å². The third-order valence-corrected chi connectivity index (χ3v) is 2.50. The topological polar surface area (TPSA) is 15.3 Å². The average Bonchev–Trinajstić information content (AvgIpc) is 2.83. The van der Waals surface area contributed by atoms with Crippen LogP contribution < -0.4 is 5.32 Å². The molecule has 1 rings (SSSR count). The first-order valence-electron chi connectivity index (χ1n) is 5.14. The van der Waals surface area contributed by atoms with Gasteiger partial charge < -0.3 is 10.2 Å². The van der Waals surface area contributed by atoms with Crippen LogP contribution >= 0.6 is 0 Å². The van der Waals surface area contributed by atoms with Crippen molar-refractivity contribution in [3.63, 3.8) is 0 Å². The molecule has 0 aromatic rings. The predicted molar refractivity (Wildman–Crippen MR) is 53.4 cm³/mol. The van der Waals surface area contributed by atoms with Crippen LogP contribution in [-0.4, -0.2) is 37.6 Å². The zero-order valence-electron chi connectivity index (χ0n) is 8.64. The summed E-state index contributed by atoms with van der Waals surface area (Å²) >= 11 is 0. The van der Waals surface area contributed by atoms with Crippen LogP contribution in [0.2, 0.25) is 0 Å². The number of nitrogens with one attached hydrogen (secondary N) is 1. The van der Waals surface area contributed by atoms with Crippen molar-refractivity contribution < 1.29 is 0 Å². The lowest BCUT2D eigenvalue weighted by molar-refractivity contribution is 0.293. The summed E-state index contributed by atoms with van der Waals surface area (Å²) in [4.78, 5) is 2.37. The second-order valence-electron chi connectivity index (χ2n) is 4.14. The minimum absolute atomic E-state index is 0.788. The van der Waals surface area contributed by atoms with Crippen molar-refractivity contribution in [3.05, 3.63) is 0 Å². The molecular weight excluding hydrogens is 148 g/mol. The molecule has 0 amide bonds. The number of rotatable bonds is 6. The summed E-state index contributed by atoms with van der Waals surface area (Å²) in [5.74, 6) is 0.788. The van der Waals surface area contributed by atoms with Crippen molar-refractivity contribution in [2.75, 3.05) is 26.7 Å². The van der Waals surface area contributed by atoms with Crippen LogP contribution in [0.25, 0.3) is 0 Å². The molecular formula is C10H22N2. The van der Waals surface area contributed by atoms with E-state index in [0.29, 0.717) is 0 Å². The largest absolute Gasteiger partial charge is 0.314 e. The van der Waals surface area contributed by atoms with E-state index in [1.54, 1.807) is 0 Å². The van der Waals surface area contributed by atoms with Gasteiger partial charge in [0, 0.05) is 12.6 Å². The van der Waals surface area contributed by atoms with E-state index in [-0.39, 0.29) is 0 Å². The fourth-order valence-electron chi connectivity index (χ4n) is 1.38. The van der Waals surface area contributed by atoms with Gasteiger partial charge in [0.05, 0.1) is 0 Å². The summed E-state index contributed by atoms with van der Waals surface area (Å²) in [6.07, 6.45) is 2.80. The highest BCUT2D eigenvalue weighted by Crippen LogP contribution is 2.18. The van der Waals surface area contributed by atoms with E-state index >= 15 is 0 Å². The molecule has 0 aliphatic heterocycles. The average molecular weight is 170 g/mol. The van der Waals surface area contributed by atoms with E-state index < -0.39 is 0 Å². The lowest BCUT2D eigenvalue weighted by atomic mass is 10.1.